The van der Waals surface area contributed by atoms with Crippen LogP contribution in [0.5, 0.6) is 0 Å². The first kappa shape index (κ1) is 17.2. The van der Waals surface area contributed by atoms with E-state index in [-0.39, 0.29) is 17.4 Å². The van der Waals surface area contributed by atoms with Crippen molar-refractivity contribution in [2.75, 3.05) is 27.2 Å². The number of aromatic carboxylic acids is 1. The first-order valence-electron chi connectivity index (χ1n) is 8.30. The molecule has 1 N–H and O–H groups in total. The Balaban J connectivity index is 1.69. The zero-order valence-corrected chi connectivity index (χ0v) is 14.4. The van der Waals surface area contributed by atoms with E-state index < -0.39 is 5.97 Å². The normalized spacial score (nSPS) is 17.6. The second kappa shape index (κ2) is 7.11. The van der Waals surface area contributed by atoms with Crippen LogP contribution in [0.4, 0.5) is 0 Å². The standard InChI is InChI=1S/C19H22N2O4/c1-20(2)18(22)13-9-10-21(11-13)12-14-7-8-17(25-14)15-5-3-4-6-16(15)19(23)24/h3-8,13H,9-12H2,1-2H3,(H,23,24)/t13-/m0/s1. The molecule has 132 valence electrons. The fraction of sp³-hybridized carbons (Fsp3) is 0.368. The quantitative estimate of drug-likeness (QED) is 0.904. The number of carbonyl (C=O) groups is 2. The predicted molar refractivity (Wildman–Crippen MR) is 93.2 cm³/mol. The van der Waals surface area contributed by atoms with Gasteiger partial charge in [0.15, 0.2) is 0 Å². The van der Waals surface area contributed by atoms with E-state index in [1.54, 1.807) is 49.3 Å². The summed E-state index contributed by atoms with van der Waals surface area (Å²) in [5, 5.41) is 9.30. The van der Waals surface area contributed by atoms with Crippen LogP contribution >= 0.6 is 0 Å². The molecule has 0 spiro atoms. The van der Waals surface area contributed by atoms with Gasteiger partial charge in [0.05, 0.1) is 18.0 Å². The number of nitrogens with zero attached hydrogens (tertiary/aromatic N) is 2. The molecule has 0 radical (unpaired) electrons. The summed E-state index contributed by atoms with van der Waals surface area (Å²) >= 11 is 0. The largest absolute Gasteiger partial charge is 0.478 e. The molecule has 1 aliphatic heterocycles. The van der Waals surface area contributed by atoms with E-state index in [9.17, 15) is 14.7 Å². The average molecular weight is 342 g/mol. The van der Waals surface area contributed by atoms with Crippen molar-refractivity contribution in [3.8, 4) is 11.3 Å². The van der Waals surface area contributed by atoms with Gasteiger partial charge in [-0.15, -0.1) is 0 Å². The summed E-state index contributed by atoms with van der Waals surface area (Å²) in [5.74, 6) is 0.551. The van der Waals surface area contributed by atoms with Gasteiger partial charge in [0, 0.05) is 26.2 Å². The molecule has 1 saturated heterocycles. The van der Waals surface area contributed by atoms with E-state index >= 15 is 0 Å². The fourth-order valence-electron chi connectivity index (χ4n) is 3.26. The fourth-order valence-corrected chi connectivity index (χ4v) is 3.26. The van der Waals surface area contributed by atoms with Crippen LogP contribution in [0.15, 0.2) is 40.8 Å². The number of furan rings is 1. The van der Waals surface area contributed by atoms with Gasteiger partial charge < -0.3 is 14.4 Å². The molecule has 6 heteroatoms. The Hall–Kier alpha value is -2.60. The highest BCUT2D eigenvalue weighted by molar-refractivity contribution is 5.95. The molecule has 2 aromatic rings. The third-order valence-electron chi connectivity index (χ3n) is 4.53. The molecule has 1 aromatic heterocycles. The average Bonchev–Trinajstić information content (AvgIpc) is 3.24. The molecule has 3 rings (SSSR count). The van der Waals surface area contributed by atoms with Crippen LogP contribution in [0.2, 0.25) is 0 Å². The van der Waals surface area contributed by atoms with Crippen molar-refractivity contribution in [3.63, 3.8) is 0 Å². The maximum absolute atomic E-state index is 12.1. The number of carbonyl (C=O) groups excluding carboxylic acids is 1. The van der Waals surface area contributed by atoms with Crippen molar-refractivity contribution in [2.24, 2.45) is 5.92 Å². The summed E-state index contributed by atoms with van der Waals surface area (Å²) in [5.41, 5.74) is 0.796. The minimum absolute atomic E-state index is 0.0390. The maximum Gasteiger partial charge on any atom is 0.336 e. The molecule has 1 amide bonds. The topological polar surface area (TPSA) is 74.0 Å². The van der Waals surface area contributed by atoms with Crippen molar-refractivity contribution in [3.05, 3.63) is 47.7 Å². The van der Waals surface area contributed by atoms with Gasteiger partial charge in [-0.3, -0.25) is 9.69 Å². The molecule has 1 aliphatic rings. The first-order chi connectivity index (χ1) is 12.0. The number of carboxylic acids is 1. The van der Waals surface area contributed by atoms with Gasteiger partial charge in [0.1, 0.15) is 11.5 Å². The number of rotatable bonds is 5. The third kappa shape index (κ3) is 3.74. The number of hydrogen-bond acceptors (Lipinski definition) is 4. The van der Waals surface area contributed by atoms with Gasteiger partial charge in [0.25, 0.3) is 0 Å². The predicted octanol–water partition coefficient (Wildman–Crippen LogP) is 2.55. The number of amides is 1. The van der Waals surface area contributed by atoms with Crippen LogP contribution < -0.4 is 0 Å². The number of likely N-dealkylation sites (tertiary alicyclic amines) is 1. The van der Waals surface area contributed by atoms with Gasteiger partial charge >= 0.3 is 5.97 Å². The smallest absolute Gasteiger partial charge is 0.336 e. The SMILES string of the molecule is CN(C)C(=O)[C@H]1CCN(Cc2ccc(-c3ccccc3C(=O)O)o2)C1. The highest BCUT2D eigenvalue weighted by atomic mass is 16.4. The van der Waals surface area contributed by atoms with Crippen LogP contribution in [0.1, 0.15) is 22.5 Å². The number of carboxylic acid groups (broad SMARTS) is 1. The molecule has 1 atom stereocenters. The molecule has 1 aromatic carbocycles. The Morgan fingerprint density at radius 3 is 2.72 bits per heavy atom. The van der Waals surface area contributed by atoms with Crippen LogP contribution in [0.25, 0.3) is 11.3 Å². The van der Waals surface area contributed by atoms with Crippen LogP contribution in [0, 0.1) is 5.92 Å². The van der Waals surface area contributed by atoms with Crippen LogP contribution in [-0.4, -0.2) is 54.0 Å². The lowest BCUT2D eigenvalue weighted by Crippen LogP contribution is -2.31. The minimum Gasteiger partial charge on any atom is -0.478 e. The Labute approximate surface area is 146 Å². The summed E-state index contributed by atoms with van der Waals surface area (Å²) in [7, 11) is 3.56. The molecule has 0 unspecified atom stereocenters. The van der Waals surface area contributed by atoms with Gasteiger partial charge in [0.2, 0.25) is 5.91 Å². The van der Waals surface area contributed by atoms with Gasteiger partial charge in [-0.25, -0.2) is 4.79 Å². The van der Waals surface area contributed by atoms with Gasteiger partial charge in [-0.05, 0) is 31.2 Å². The van der Waals surface area contributed by atoms with E-state index in [0.29, 0.717) is 17.9 Å². The Morgan fingerprint density at radius 1 is 1.24 bits per heavy atom. The maximum atomic E-state index is 12.1. The van der Waals surface area contributed by atoms with Crippen LogP contribution in [-0.2, 0) is 11.3 Å². The molecular formula is C19H22N2O4. The summed E-state index contributed by atoms with van der Waals surface area (Å²) in [6.07, 6.45) is 0.854. The summed E-state index contributed by atoms with van der Waals surface area (Å²) in [4.78, 5) is 27.2. The Kier molecular flexibility index (Phi) is 4.90. The lowest BCUT2D eigenvalue weighted by Gasteiger charge is -2.17. The second-order valence-electron chi connectivity index (χ2n) is 6.57. The van der Waals surface area contributed by atoms with E-state index in [1.165, 1.54) is 0 Å². The molecule has 25 heavy (non-hydrogen) atoms. The highest BCUT2D eigenvalue weighted by Gasteiger charge is 2.29. The van der Waals surface area contributed by atoms with Crippen molar-refractivity contribution >= 4 is 11.9 Å². The summed E-state index contributed by atoms with van der Waals surface area (Å²) < 4.78 is 5.87. The lowest BCUT2D eigenvalue weighted by atomic mass is 10.1. The number of benzene rings is 1. The van der Waals surface area contributed by atoms with Crippen molar-refractivity contribution in [1.29, 1.82) is 0 Å². The highest BCUT2D eigenvalue weighted by Crippen LogP contribution is 2.27. The van der Waals surface area contributed by atoms with Crippen molar-refractivity contribution < 1.29 is 19.1 Å². The van der Waals surface area contributed by atoms with Gasteiger partial charge in [-0.2, -0.15) is 0 Å². The van der Waals surface area contributed by atoms with Crippen LogP contribution in [0.3, 0.4) is 0 Å². The van der Waals surface area contributed by atoms with Gasteiger partial charge in [-0.1, -0.05) is 18.2 Å². The van der Waals surface area contributed by atoms with Crippen molar-refractivity contribution in [1.82, 2.24) is 9.80 Å². The lowest BCUT2D eigenvalue weighted by molar-refractivity contribution is -0.132. The third-order valence-corrected chi connectivity index (χ3v) is 4.53. The molecule has 2 heterocycles. The van der Waals surface area contributed by atoms with E-state index in [4.69, 9.17) is 4.42 Å². The van der Waals surface area contributed by atoms with E-state index in [2.05, 4.69) is 4.90 Å². The van der Waals surface area contributed by atoms with E-state index in [1.807, 2.05) is 6.07 Å². The molecule has 6 nitrogen and oxygen atoms in total. The molecule has 0 aliphatic carbocycles. The molecule has 0 bridgehead atoms. The zero-order valence-electron chi connectivity index (χ0n) is 14.4. The molecule has 0 saturated carbocycles. The second-order valence-corrected chi connectivity index (χ2v) is 6.57. The Morgan fingerprint density at radius 2 is 2.00 bits per heavy atom. The minimum atomic E-state index is -0.974. The number of hydrogen-bond donors (Lipinski definition) is 1. The Bertz CT molecular complexity index is 781. The van der Waals surface area contributed by atoms with E-state index in [0.717, 1.165) is 25.3 Å². The molecule has 1 fully saturated rings. The summed E-state index contributed by atoms with van der Waals surface area (Å²) in [6, 6.07) is 10.5. The summed E-state index contributed by atoms with van der Waals surface area (Å²) in [6.45, 7) is 2.19. The first-order valence-corrected chi connectivity index (χ1v) is 8.30. The monoisotopic (exact) mass is 342 g/mol. The van der Waals surface area contributed by atoms with Crippen molar-refractivity contribution in [2.45, 2.75) is 13.0 Å². The zero-order chi connectivity index (χ0) is 18.0. The molecular weight excluding hydrogens is 320 g/mol.